The van der Waals surface area contributed by atoms with Crippen LogP contribution in [0.15, 0.2) is 53.0 Å². The molecule has 2 unspecified atom stereocenters. The predicted octanol–water partition coefficient (Wildman–Crippen LogP) is 4.18. The van der Waals surface area contributed by atoms with Crippen LogP contribution in [0.5, 0.6) is 0 Å². The number of nitrogens with zero attached hydrogens (tertiary/aromatic N) is 2. The molecule has 2 aromatic carbocycles. The Bertz CT molecular complexity index is 1260. The van der Waals surface area contributed by atoms with E-state index in [1.54, 1.807) is 18.2 Å². The van der Waals surface area contributed by atoms with E-state index in [0.717, 1.165) is 28.8 Å². The van der Waals surface area contributed by atoms with Crippen LogP contribution in [-0.4, -0.2) is 21.8 Å². The summed E-state index contributed by atoms with van der Waals surface area (Å²) in [6.45, 7) is 6.41. The molecule has 2 atom stereocenters. The van der Waals surface area contributed by atoms with Crippen LogP contribution in [0.2, 0.25) is 0 Å². The molecule has 1 fully saturated rings. The number of carbonyl (C=O) groups excluding carboxylic acids is 2. The van der Waals surface area contributed by atoms with E-state index < -0.39 is 10.8 Å². The minimum atomic E-state index is -0.866. The fourth-order valence-electron chi connectivity index (χ4n) is 5.48. The lowest BCUT2D eigenvalue weighted by Crippen LogP contribution is -2.55. The standard InChI is InChI=1S/C24H23BrN4O2/c1-22(2)23(3)12-13-24(22,19-18(23)26-16-10-6-7-11-17(16)27-19)21(31)29-28-20(30)14-8-4-5-9-15(14)25/h4-11H,12-13H2,1-3H3,(H,28,30)(H,29,31). The van der Waals surface area contributed by atoms with Crippen LogP contribution in [0, 0.1) is 5.41 Å². The van der Waals surface area contributed by atoms with Gasteiger partial charge in [0, 0.05) is 9.89 Å². The van der Waals surface area contributed by atoms with Gasteiger partial charge in [-0.15, -0.1) is 0 Å². The smallest absolute Gasteiger partial charge is 0.270 e. The minimum absolute atomic E-state index is 0.245. The van der Waals surface area contributed by atoms with Crippen molar-refractivity contribution in [1.29, 1.82) is 0 Å². The van der Waals surface area contributed by atoms with E-state index in [1.807, 2.05) is 30.3 Å². The van der Waals surface area contributed by atoms with Crippen molar-refractivity contribution in [2.45, 2.75) is 44.4 Å². The molecule has 3 aromatic rings. The largest absolute Gasteiger partial charge is 0.272 e. The van der Waals surface area contributed by atoms with Crippen LogP contribution >= 0.6 is 15.9 Å². The fraction of sp³-hybridized carbons (Fsp3) is 0.333. The summed E-state index contributed by atoms with van der Waals surface area (Å²) < 4.78 is 0.664. The normalized spacial score (nSPS) is 25.3. The highest BCUT2D eigenvalue weighted by Crippen LogP contribution is 2.70. The average Bonchev–Trinajstić information content (AvgIpc) is 3.06. The van der Waals surface area contributed by atoms with Gasteiger partial charge >= 0.3 is 0 Å². The molecule has 0 saturated heterocycles. The Morgan fingerprint density at radius 2 is 1.48 bits per heavy atom. The fourth-order valence-corrected chi connectivity index (χ4v) is 5.95. The number of fused-ring (bicyclic) bond motifs is 6. The number of para-hydroxylation sites is 2. The van der Waals surface area contributed by atoms with Crippen molar-refractivity contribution in [3.05, 3.63) is 70.0 Å². The Labute approximate surface area is 189 Å². The molecule has 0 spiro atoms. The van der Waals surface area contributed by atoms with E-state index in [2.05, 4.69) is 47.6 Å². The van der Waals surface area contributed by atoms with Gasteiger partial charge in [-0.3, -0.25) is 20.4 Å². The number of aromatic nitrogens is 2. The molecular weight excluding hydrogens is 456 g/mol. The third-order valence-corrected chi connectivity index (χ3v) is 8.43. The number of nitrogens with one attached hydrogen (secondary N) is 2. The Kier molecular flexibility index (Phi) is 4.28. The highest BCUT2D eigenvalue weighted by Gasteiger charge is 2.73. The first-order valence-corrected chi connectivity index (χ1v) is 11.1. The van der Waals surface area contributed by atoms with E-state index in [-0.39, 0.29) is 17.2 Å². The Morgan fingerprint density at radius 1 is 0.871 bits per heavy atom. The second-order valence-electron chi connectivity index (χ2n) is 9.16. The van der Waals surface area contributed by atoms with Crippen LogP contribution < -0.4 is 10.9 Å². The first-order chi connectivity index (χ1) is 14.7. The topological polar surface area (TPSA) is 84.0 Å². The van der Waals surface area contributed by atoms with Gasteiger partial charge in [-0.25, -0.2) is 9.97 Å². The molecular formula is C24H23BrN4O2. The van der Waals surface area contributed by atoms with E-state index in [0.29, 0.717) is 16.5 Å². The van der Waals surface area contributed by atoms with Crippen LogP contribution in [0.25, 0.3) is 11.0 Å². The van der Waals surface area contributed by atoms with Gasteiger partial charge in [0.15, 0.2) is 0 Å². The highest BCUT2D eigenvalue weighted by atomic mass is 79.9. The van der Waals surface area contributed by atoms with E-state index in [9.17, 15) is 9.59 Å². The minimum Gasteiger partial charge on any atom is -0.272 e. The third-order valence-electron chi connectivity index (χ3n) is 7.74. The molecule has 31 heavy (non-hydrogen) atoms. The Morgan fingerprint density at radius 3 is 2.16 bits per heavy atom. The SMILES string of the molecule is CC12CCC(C(=O)NNC(=O)c3ccccc3Br)(c3nc4ccccc4nc31)C2(C)C. The monoisotopic (exact) mass is 478 g/mol. The number of benzene rings is 2. The van der Waals surface area contributed by atoms with E-state index in [1.165, 1.54) is 0 Å². The zero-order chi connectivity index (χ0) is 22.0. The summed E-state index contributed by atoms with van der Waals surface area (Å²) in [6, 6.07) is 14.8. The molecule has 1 heterocycles. The number of amides is 2. The number of hydrogen-bond donors (Lipinski definition) is 2. The summed E-state index contributed by atoms with van der Waals surface area (Å²) in [7, 11) is 0. The summed E-state index contributed by atoms with van der Waals surface area (Å²) in [4.78, 5) is 36.2. The second kappa shape index (κ2) is 6.60. The molecule has 1 aromatic heterocycles. The summed E-state index contributed by atoms with van der Waals surface area (Å²) in [5.41, 5.74) is 7.44. The quantitative estimate of drug-likeness (QED) is 0.541. The zero-order valence-corrected chi connectivity index (χ0v) is 19.2. The number of carbonyl (C=O) groups is 2. The van der Waals surface area contributed by atoms with Gasteiger partial charge in [-0.05, 0) is 58.5 Å². The summed E-state index contributed by atoms with van der Waals surface area (Å²) in [6.07, 6.45) is 1.50. The van der Waals surface area contributed by atoms with E-state index in [4.69, 9.17) is 9.97 Å². The molecule has 1 saturated carbocycles. The predicted molar refractivity (Wildman–Crippen MR) is 121 cm³/mol. The highest BCUT2D eigenvalue weighted by molar-refractivity contribution is 9.10. The van der Waals surface area contributed by atoms with Crippen LogP contribution in [0.3, 0.4) is 0 Å². The molecule has 6 nitrogen and oxygen atoms in total. The van der Waals surface area contributed by atoms with Crippen LogP contribution in [0.4, 0.5) is 0 Å². The van der Waals surface area contributed by atoms with Crippen molar-refractivity contribution in [1.82, 2.24) is 20.8 Å². The van der Waals surface area contributed by atoms with Gasteiger partial charge in [-0.1, -0.05) is 45.0 Å². The van der Waals surface area contributed by atoms with Gasteiger partial charge in [0.1, 0.15) is 5.41 Å². The van der Waals surface area contributed by atoms with Crippen molar-refractivity contribution in [3.63, 3.8) is 0 Å². The zero-order valence-electron chi connectivity index (χ0n) is 17.6. The van der Waals surface area contributed by atoms with Crippen LogP contribution in [-0.2, 0) is 15.6 Å². The summed E-state index contributed by atoms with van der Waals surface area (Å²) in [5.74, 6) is -0.622. The molecule has 2 bridgehead atoms. The lowest BCUT2D eigenvalue weighted by Gasteiger charge is -2.39. The lowest BCUT2D eigenvalue weighted by molar-refractivity contribution is -0.131. The number of halogens is 1. The molecule has 2 aliphatic carbocycles. The summed E-state index contributed by atoms with van der Waals surface area (Å²) >= 11 is 3.38. The van der Waals surface area contributed by atoms with Gasteiger partial charge in [0.25, 0.3) is 11.8 Å². The molecule has 158 valence electrons. The van der Waals surface area contributed by atoms with Crippen molar-refractivity contribution >= 4 is 38.8 Å². The summed E-state index contributed by atoms with van der Waals surface area (Å²) in [5, 5.41) is 0. The molecule has 7 heteroatoms. The average molecular weight is 479 g/mol. The van der Waals surface area contributed by atoms with Gasteiger partial charge in [0.05, 0.1) is 28.0 Å². The number of hydrazine groups is 1. The number of rotatable bonds is 2. The van der Waals surface area contributed by atoms with Gasteiger partial charge in [-0.2, -0.15) is 0 Å². The third kappa shape index (κ3) is 2.50. The maximum atomic E-state index is 13.7. The van der Waals surface area contributed by atoms with Gasteiger partial charge in [0.2, 0.25) is 0 Å². The molecule has 2 aliphatic rings. The first kappa shape index (κ1) is 20.1. The maximum Gasteiger partial charge on any atom is 0.270 e. The molecule has 2 amide bonds. The Hall–Kier alpha value is -2.80. The van der Waals surface area contributed by atoms with E-state index >= 15 is 0 Å². The second-order valence-corrected chi connectivity index (χ2v) is 10.0. The molecule has 0 aliphatic heterocycles. The number of hydrogen-bond acceptors (Lipinski definition) is 4. The first-order valence-electron chi connectivity index (χ1n) is 10.4. The molecule has 2 N–H and O–H groups in total. The molecule has 5 rings (SSSR count). The van der Waals surface area contributed by atoms with Crippen molar-refractivity contribution in [2.75, 3.05) is 0 Å². The van der Waals surface area contributed by atoms with Crippen molar-refractivity contribution in [2.24, 2.45) is 5.41 Å². The Balaban J connectivity index is 1.54. The lowest BCUT2D eigenvalue weighted by atomic mass is 9.63. The van der Waals surface area contributed by atoms with Gasteiger partial charge < -0.3 is 0 Å². The molecule has 0 radical (unpaired) electrons. The maximum absolute atomic E-state index is 13.7. The van der Waals surface area contributed by atoms with Crippen molar-refractivity contribution in [3.8, 4) is 0 Å². The van der Waals surface area contributed by atoms with Crippen LogP contribution in [0.1, 0.15) is 55.4 Å². The van der Waals surface area contributed by atoms with Crippen molar-refractivity contribution < 1.29 is 9.59 Å².